The number of rotatable bonds is 3. The molecule has 0 saturated heterocycles. The SMILES string of the molecule is Cn1cc(-n2ncc3ccc(NC(=O)c4ncc(C#N)cc4F)cc32)cn1. The predicted molar refractivity (Wildman–Crippen MR) is 94.7 cm³/mol. The van der Waals surface area contributed by atoms with Crippen molar-refractivity contribution in [2.24, 2.45) is 7.05 Å². The number of carbonyl (C=O) groups is 1. The largest absolute Gasteiger partial charge is 0.320 e. The number of aromatic nitrogens is 5. The van der Waals surface area contributed by atoms with Gasteiger partial charge in [-0.25, -0.2) is 14.1 Å². The molecule has 3 aromatic heterocycles. The average molecular weight is 361 g/mol. The van der Waals surface area contributed by atoms with E-state index in [-0.39, 0.29) is 11.3 Å². The average Bonchev–Trinajstić information content (AvgIpc) is 3.27. The standard InChI is InChI=1S/C18H12FN7O/c1-25-10-14(9-22-25)26-16-5-13(3-2-12(16)8-23-26)24-18(27)17-15(19)4-11(6-20)7-21-17/h2-5,7-10H,1H3,(H,24,27). The third kappa shape index (κ3) is 3.00. The van der Waals surface area contributed by atoms with E-state index in [0.717, 1.165) is 28.9 Å². The van der Waals surface area contributed by atoms with E-state index in [0.29, 0.717) is 5.69 Å². The molecule has 1 amide bonds. The van der Waals surface area contributed by atoms with Crippen LogP contribution in [0.25, 0.3) is 16.6 Å². The first kappa shape index (κ1) is 16.4. The maximum Gasteiger partial charge on any atom is 0.277 e. The molecule has 132 valence electrons. The van der Waals surface area contributed by atoms with Gasteiger partial charge in [0.25, 0.3) is 5.91 Å². The summed E-state index contributed by atoms with van der Waals surface area (Å²) in [6, 6.07) is 7.97. The number of halogens is 1. The summed E-state index contributed by atoms with van der Waals surface area (Å²) in [7, 11) is 1.81. The fourth-order valence-corrected chi connectivity index (χ4v) is 2.68. The minimum Gasteiger partial charge on any atom is -0.320 e. The molecule has 0 bridgehead atoms. The van der Waals surface area contributed by atoms with Crippen LogP contribution < -0.4 is 5.32 Å². The number of pyridine rings is 1. The van der Waals surface area contributed by atoms with Crippen molar-refractivity contribution in [2.75, 3.05) is 5.32 Å². The van der Waals surface area contributed by atoms with E-state index >= 15 is 0 Å². The van der Waals surface area contributed by atoms with E-state index in [2.05, 4.69) is 20.5 Å². The van der Waals surface area contributed by atoms with Gasteiger partial charge in [0.2, 0.25) is 0 Å². The van der Waals surface area contributed by atoms with Gasteiger partial charge in [-0.15, -0.1) is 0 Å². The predicted octanol–water partition coefficient (Wildman–Crippen LogP) is 2.42. The molecule has 0 atom stereocenters. The third-order valence-electron chi connectivity index (χ3n) is 3.95. The number of anilines is 1. The van der Waals surface area contributed by atoms with Gasteiger partial charge in [-0.05, 0) is 24.3 Å². The first-order valence-electron chi connectivity index (χ1n) is 7.89. The molecular formula is C18H12FN7O. The van der Waals surface area contributed by atoms with Gasteiger partial charge in [0.05, 0.1) is 29.7 Å². The fraction of sp³-hybridized carbons (Fsp3) is 0.0556. The number of aryl methyl sites for hydroxylation is 1. The summed E-state index contributed by atoms with van der Waals surface area (Å²) in [4.78, 5) is 16.1. The first-order chi connectivity index (χ1) is 13.0. The van der Waals surface area contributed by atoms with Crippen LogP contribution in [0, 0.1) is 17.1 Å². The summed E-state index contributed by atoms with van der Waals surface area (Å²) in [6.45, 7) is 0. The van der Waals surface area contributed by atoms with Crippen LogP contribution in [0.4, 0.5) is 10.1 Å². The van der Waals surface area contributed by atoms with Gasteiger partial charge in [0.1, 0.15) is 11.8 Å². The number of fused-ring (bicyclic) bond motifs is 1. The monoisotopic (exact) mass is 361 g/mol. The zero-order chi connectivity index (χ0) is 19.0. The van der Waals surface area contributed by atoms with E-state index in [9.17, 15) is 9.18 Å². The molecular weight excluding hydrogens is 349 g/mol. The van der Waals surface area contributed by atoms with Crippen LogP contribution in [0.2, 0.25) is 0 Å². The minimum absolute atomic E-state index is 0.0471. The summed E-state index contributed by atoms with van der Waals surface area (Å²) < 4.78 is 17.3. The lowest BCUT2D eigenvalue weighted by molar-refractivity contribution is 0.101. The van der Waals surface area contributed by atoms with Gasteiger partial charge in [-0.3, -0.25) is 9.48 Å². The Hall–Kier alpha value is -4.06. The highest BCUT2D eigenvalue weighted by Crippen LogP contribution is 2.22. The zero-order valence-electron chi connectivity index (χ0n) is 14.1. The molecule has 1 aromatic carbocycles. The van der Waals surface area contributed by atoms with Crippen LogP contribution in [0.1, 0.15) is 16.1 Å². The molecule has 27 heavy (non-hydrogen) atoms. The van der Waals surface area contributed by atoms with E-state index in [4.69, 9.17) is 5.26 Å². The highest BCUT2D eigenvalue weighted by molar-refractivity contribution is 6.04. The van der Waals surface area contributed by atoms with Gasteiger partial charge >= 0.3 is 0 Å². The molecule has 8 nitrogen and oxygen atoms in total. The van der Waals surface area contributed by atoms with Crippen molar-refractivity contribution in [3.8, 4) is 11.8 Å². The molecule has 4 aromatic rings. The normalized spacial score (nSPS) is 10.7. The number of amides is 1. The number of nitriles is 1. The molecule has 4 rings (SSSR count). The second kappa shape index (κ2) is 6.34. The molecule has 0 fully saturated rings. The van der Waals surface area contributed by atoms with E-state index in [1.807, 2.05) is 6.20 Å². The summed E-state index contributed by atoms with van der Waals surface area (Å²) in [5.74, 6) is -1.56. The van der Waals surface area contributed by atoms with Crippen molar-refractivity contribution in [1.82, 2.24) is 24.5 Å². The Bertz CT molecular complexity index is 1220. The van der Waals surface area contributed by atoms with Gasteiger partial charge in [0.15, 0.2) is 11.5 Å². The van der Waals surface area contributed by atoms with Crippen LogP contribution >= 0.6 is 0 Å². The number of nitrogens with zero attached hydrogens (tertiary/aromatic N) is 6. The van der Waals surface area contributed by atoms with Gasteiger partial charge in [-0.2, -0.15) is 15.5 Å². The molecule has 0 saturated carbocycles. The van der Waals surface area contributed by atoms with Crippen LogP contribution in [-0.2, 0) is 7.05 Å². The molecule has 0 aliphatic heterocycles. The summed E-state index contributed by atoms with van der Waals surface area (Å²) in [6.07, 6.45) is 6.34. The second-order valence-electron chi connectivity index (χ2n) is 5.82. The van der Waals surface area contributed by atoms with E-state index < -0.39 is 11.7 Å². The van der Waals surface area contributed by atoms with Crippen LogP contribution in [0.3, 0.4) is 0 Å². The maximum absolute atomic E-state index is 14.0. The molecule has 0 unspecified atom stereocenters. The van der Waals surface area contributed by atoms with Crippen LogP contribution in [-0.4, -0.2) is 30.5 Å². The molecule has 0 aliphatic carbocycles. The zero-order valence-corrected chi connectivity index (χ0v) is 14.1. The number of benzene rings is 1. The minimum atomic E-state index is -0.854. The van der Waals surface area contributed by atoms with Crippen molar-refractivity contribution in [3.63, 3.8) is 0 Å². The smallest absolute Gasteiger partial charge is 0.277 e. The lowest BCUT2D eigenvalue weighted by Crippen LogP contribution is -2.15. The number of nitrogens with one attached hydrogen (secondary N) is 1. The van der Waals surface area contributed by atoms with Crippen molar-refractivity contribution in [1.29, 1.82) is 5.26 Å². The van der Waals surface area contributed by atoms with E-state index in [1.165, 1.54) is 0 Å². The Labute approximate surface area is 152 Å². The van der Waals surface area contributed by atoms with Crippen molar-refractivity contribution >= 4 is 22.5 Å². The Morgan fingerprint density at radius 3 is 2.78 bits per heavy atom. The quantitative estimate of drug-likeness (QED) is 0.604. The Morgan fingerprint density at radius 2 is 2.07 bits per heavy atom. The molecule has 0 radical (unpaired) electrons. The molecule has 3 heterocycles. The summed E-state index contributed by atoms with van der Waals surface area (Å²) in [5.41, 5.74) is 1.66. The Balaban J connectivity index is 1.66. The lowest BCUT2D eigenvalue weighted by atomic mass is 10.2. The molecule has 0 spiro atoms. The molecule has 1 N–H and O–H groups in total. The number of hydrogen-bond donors (Lipinski definition) is 1. The summed E-state index contributed by atoms with van der Waals surface area (Å²) in [5, 5.41) is 20.7. The topological polar surface area (TPSA) is 101 Å². The first-order valence-corrected chi connectivity index (χ1v) is 7.89. The Morgan fingerprint density at radius 1 is 1.22 bits per heavy atom. The lowest BCUT2D eigenvalue weighted by Gasteiger charge is -2.07. The van der Waals surface area contributed by atoms with Crippen LogP contribution in [0.15, 0.2) is 49.1 Å². The van der Waals surface area contributed by atoms with Crippen molar-refractivity contribution in [3.05, 3.63) is 66.1 Å². The van der Waals surface area contributed by atoms with Gasteiger partial charge in [-0.1, -0.05) is 0 Å². The second-order valence-corrected chi connectivity index (χ2v) is 5.82. The number of carbonyl (C=O) groups excluding carboxylic acids is 1. The van der Waals surface area contributed by atoms with Crippen molar-refractivity contribution < 1.29 is 9.18 Å². The van der Waals surface area contributed by atoms with E-state index in [1.54, 1.807) is 53.1 Å². The van der Waals surface area contributed by atoms with Gasteiger partial charge < -0.3 is 5.32 Å². The highest BCUT2D eigenvalue weighted by atomic mass is 19.1. The third-order valence-corrected chi connectivity index (χ3v) is 3.95. The highest BCUT2D eigenvalue weighted by Gasteiger charge is 2.15. The van der Waals surface area contributed by atoms with Crippen LogP contribution in [0.5, 0.6) is 0 Å². The molecule has 0 aliphatic rings. The fourth-order valence-electron chi connectivity index (χ4n) is 2.68. The number of hydrogen-bond acceptors (Lipinski definition) is 5. The van der Waals surface area contributed by atoms with Crippen molar-refractivity contribution in [2.45, 2.75) is 0 Å². The molecule has 9 heteroatoms. The maximum atomic E-state index is 14.0. The Kier molecular flexibility index (Phi) is 3.86. The van der Waals surface area contributed by atoms with Gasteiger partial charge in [0, 0.05) is 24.3 Å². The summed E-state index contributed by atoms with van der Waals surface area (Å²) >= 11 is 0.